The Hall–Kier alpha value is -2.21. The van der Waals surface area contributed by atoms with Gasteiger partial charge in [0, 0.05) is 11.6 Å². The van der Waals surface area contributed by atoms with E-state index >= 15 is 0 Å². The quantitative estimate of drug-likeness (QED) is 0.550. The molecule has 5 rings (SSSR count). The summed E-state index contributed by atoms with van der Waals surface area (Å²) in [5.41, 5.74) is 0.969. The fourth-order valence-corrected chi connectivity index (χ4v) is 5.46. The fraction of sp³-hybridized carbons (Fsp3) is 0.318. The van der Waals surface area contributed by atoms with Crippen LogP contribution < -0.4 is 4.90 Å². The molecule has 0 aliphatic carbocycles. The summed E-state index contributed by atoms with van der Waals surface area (Å²) in [5, 5.41) is 0.634. The summed E-state index contributed by atoms with van der Waals surface area (Å²) in [6, 6.07) is 13.0. The highest BCUT2D eigenvalue weighted by Crippen LogP contribution is 2.48. The third-order valence-electron chi connectivity index (χ3n) is 6.34. The predicted octanol–water partition coefficient (Wildman–Crippen LogP) is 3.83. The van der Waals surface area contributed by atoms with Crippen molar-refractivity contribution in [1.82, 2.24) is 4.90 Å². The molecule has 2 aromatic carbocycles. The Morgan fingerprint density at radius 1 is 0.931 bits per heavy atom. The second-order valence-electron chi connectivity index (χ2n) is 7.78. The lowest BCUT2D eigenvalue weighted by Crippen LogP contribution is -2.46. The van der Waals surface area contributed by atoms with Gasteiger partial charge in [-0.1, -0.05) is 53.5 Å². The minimum Gasteiger partial charge on any atom is -0.292 e. The lowest BCUT2D eigenvalue weighted by molar-refractivity contribution is -0.123. The average molecular weight is 429 g/mol. The monoisotopic (exact) mass is 428 g/mol. The molecule has 4 atom stereocenters. The van der Waals surface area contributed by atoms with Crippen LogP contribution in [0.15, 0.2) is 48.5 Å². The van der Waals surface area contributed by atoms with Crippen LogP contribution in [0.3, 0.4) is 0 Å². The summed E-state index contributed by atoms with van der Waals surface area (Å²) >= 11 is 12.1. The number of fused-ring (bicyclic) bond motifs is 3. The maximum atomic E-state index is 13.4. The van der Waals surface area contributed by atoms with Gasteiger partial charge in [-0.15, -0.1) is 0 Å². The van der Waals surface area contributed by atoms with Crippen LogP contribution in [-0.2, 0) is 9.59 Å². The number of hydrogen-bond acceptors (Lipinski definition) is 4. The highest BCUT2D eigenvalue weighted by molar-refractivity contribution is 6.42. The van der Waals surface area contributed by atoms with Gasteiger partial charge in [-0.3, -0.25) is 19.3 Å². The molecule has 0 N–H and O–H groups in total. The van der Waals surface area contributed by atoms with Gasteiger partial charge in [-0.05, 0) is 37.6 Å². The molecular formula is C22H18Cl2N2O3. The van der Waals surface area contributed by atoms with Crippen molar-refractivity contribution in [3.63, 3.8) is 0 Å². The van der Waals surface area contributed by atoms with Crippen molar-refractivity contribution < 1.29 is 14.4 Å². The van der Waals surface area contributed by atoms with Crippen LogP contribution in [0.25, 0.3) is 0 Å². The molecular weight excluding hydrogens is 411 g/mol. The first-order valence-corrected chi connectivity index (χ1v) is 10.4. The van der Waals surface area contributed by atoms with Crippen molar-refractivity contribution >= 4 is 46.5 Å². The van der Waals surface area contributed by atoms with Gasteiger partial charge in [0.1, 0.15) is 0 Å². The summed E-state index contributed by atoms with van der Waals surface area (Å²) in [4.78, 5) is 43.4. The maximum absolute atomic E-state index is 13.4. The summed E-state index contributed by atoms with van der Waals surface area (Å²) in [5.74, 6) is -1.85. The van der Waals surface area contributed by atoms with E-state index in [2.05, 4.69) is 4.90 Å². The molecule has 0 unspecified atom stereocenters. The number of hydrogen-bond donors (Lipinski definition) is 0. The molecule has 5 nitrogen and oxygen atoms in total. The van der Waals surface area contributed by atoms with Gasteiger partial charge in [0.25, 0.3) is 0 Å². The number of amides is 2. The van der Waals surface area contributed by atoms with E-state index in [1.54, 1.807) is 24.3 Å². The molecule has 3 saturated heterocycles. The van der Waals surface area contributed by atoms with Crippen LogP contribution in [0.4, 0.5) is 5.69 Å². The first-order valence-electron chi connectivity index (χ1n) is 9.67. The molecule has 2 amide bonds. The van der Waals surface area contributed by atoms with Crippen molar-refractivity contribution in [3.05, 3.63) is 64.1 Å². The number of Topliss-reactive ketones (excluding diaryl/α,β-unsaturated/α-hetero) is 1. The van der Waals surface area contributed by atoms with Crippen molar-refractivity contribution in [2.24, 2.45) is 11.8 Å². The minimum absolute atomic E-state index is 0.0816. The Kier molecular flexibility index (Phi) is 4.50. The SMILES string of the molecule is O=C(c1ccccc1)[C@H]1[C@H]2C(=O)N(c3ccc(Cl)c(Cl)c3)C(=O)[C@H]2[C@H]2CCCN21. The molecule has 0 aromatic heterocycles. The van der Waals surface area contributed by atoms with Gasteiger partial charge >= 0.3 is 0 Å². The number of carbonyl (C=O) groups is 3. The second kappa shape index (κ2) is 6.94. The van der Waals surface area contributed by atoms with E-state index < -0.39 is 17.9 Å². The summed E-state index contributed by atoms with van der Waals surface area (Å²) < 4.78 is 0. The largest absolute Gasteiger partial charge is 0.292 e. The first kappa shape index (κ1) is 18.8. The van der Waals surface area contributed by atoms with E-state index in [4.69, 9.17) is 23.2 Å². The molecule has 29 heavy (non-hydrogen) atoms. The number of nitrogens with zero attached hydrogens (tertiary/aromatic N) is 2. The van der Waals surface area contributed by atoms with Crippen LogP contribution in [0.5, 0.6) is 0 Å². The zero-order valence-corrected chi connectivity index (χ0v) is 16.9. The van der Waals surface area contributed by atoms with Crippen molar-refractivity contribution in [2.45, 2.75) is 24.9 Å². The lowest BCUT2D eigenvalue weighted by Gasteiger charge is -2.27. The van der Waals surface area contributed by atoms with Crippen LogP contribution in [-0.4, -0.2) is 41.1 Å². The molecule has 2 aromatic rings. The lowest BCUT2D eigenvalue weighted by atomic mass is 9.85. The Bertz CT molecular complexity index is 1030. The molecule has 0 radical (unpaired) electrons. The molecule has 3 heterocycles. The number of rotatable bonds is 3. The number of halogens is 2. The average Bonchev–Trinajstić information content (AvgIpc) is 3.37. The molecule has 0 bridgehead atoms. The standard InChI is InChI=1S/C22H18Cl2N2O3/c23-14-9-8-13(11-15(14)24)26-21(28)17-16-7-4-10-25(16)19(18(17)22(26)29)20(27)12-5-2-1-3-6-12/h1-3,5-6,8-9,11,16-19H,4,7,10H2/t16-,17+,18+,19-/m1/s1. The molecule has 0 saturated carbocycles. The molecule has 0 spiro atoms. The number of anilines is 1. The zero-order chi connectivity index (χ0) is 20.3. The van der Waals surface area contributed by atoms with E-state index in [9.17, 15) is 14.4 Å². The third-order valence-corrected chi connectivity index (χ3v) is 7.08. The van der Waals surface area contributed by atoms with Gasteiger partial charge in [0.15, 0.2) is 5.78 Å². The predicted molar refractivity (Wildman–Crippen MR) is 110 cm³/mol. The zero-order valence-electron chi connectivity index (χ0n) is 15.4. The number of imide groups is 1. The van der Waals surface area contributed by atoms with Crippen molar-refractivity contribution in [3.8, 4) is 0 Å². The van der Waals surface area contributed by atoms with Crippen LogP contribution in [0.1, 0.15) is 23.2 Å². The van der Waals surface area contributed by atoms with Gasteiger partial charge in [-0.2, -0.15) is 0 Å². The fourth-order valence-electron chi connectivity index (χ4n) is 5.17. The smallest absolute Gasteiger partial charge is 0.239 e. The van der Waals surface area contributed by atoms with E-state index in [0.717, 1.165) is 19.4 Å². The van der Waals surface area contributed by atoms with E-state index in [-0.39, 0.29) is 28.7 Å². The van der Waals surface area contributed by atoms with Gasteiger partial charge in [-0.25, -0.2) is 4.90 Å². The molecule has 3 aliphatic rings. The minimum atomic E-state index is -0.671. The highest BCUT2D eigenvalue weighted by atomic mass is 35.5. The Labute approximate surface area is 178 Å². The summed E-state index contributed by atoms with van der Waals surface area (Å²) in [6.07, 6.45) is 1.73. The Morgan fingerprint density at radius 2 is 1.66 bits per heavy atom. The maximum Gasteiger partial charge on any atom is 0.239 e. The van der Waals surface area contributed by atoms with Crippen molar-refractivity contribution in [2.75, 3.05) is 11.4 Å². The molecule has 3 fully saturated rings. The molecule has 3 aliphatic heterocycles. The van der Waals surface area contributed by atoms with Crippen LogP contribution >= 0.6 is 23.2 Å². The summed E-state index contributed by atoms with van der Waals surface area (Å²) in [6.45, 7) is 0.730. The van der Waals surface area contributed by atoms with Gasteiger partial charge < -0.3 is 0 Å². The Balaban J connectivity index is 1.56. The van der Waals surface area contributed by atoms with Gasteiger partial charge in [0.05, 0.1) is 33.6 Å². The van der Waals surface area contributed by atoms with Gasteiger partial charge in [0.2, 0.25) is 11.8 Å². The first-order chi connectivity index (χ1) is 14.0. The molecule has 7 heteroatoms. The second-order valence-corrected chi connectivity index (χ2v) is 8.60. The number of carbonyl (C=O) groups excluding carboxylic acids is 3. The van der Waals surface area contributed by atoms with E-state index in [0.29, 0.717) is 16.3 Å². The number of ketones is 1. The third kappa shape index (κ3) is 2.75. The topological polar surface area (TPSA) is 57.7 Å². The normalized spacial score (nSPS) is 28.7. The summed E-state index contributed by atoms with van der Waals surface area (Å²) in [7, 11) is 0. The van der Waals surface area contributed by atoms with E-state index in [1.807, 2.05) is 18.2 Å². The van der Waals surface area contributed by atoms with Crippen LogP contribution in [0, 0.1) is 11.8 Å². The number of benzene rings is 2. The molecule has 148 valence electrons. The van der Waals surface area contributed by atoms with Crippen molar-refractivity contribution in [1.29, 1.82) is 0 Å². The highest BCUT2D eigenvalue weighted by Gasteiger charge is 2.64. The van der Waals surface area contributed by atoms with E-state index in [1.165, 1.54) is 11.0 Å². The van der Waals surface area contributed by atoms with Crippen LogP contribution in [0.2, 0.25) is 10.0 Å². The Morgan fingerprint density at radius 3 is 2.38 bits per heavy atom.